The molecule has 12 nitrogen and oxygen atoms in total. The van der Waals surface area contributed by atoms with Gasteiger partial charge >= 0.3 is 12.3 Å². The summed E-state index contributed by atoms with van der Waals surface area (Å²) in [4.78, 5) is 78.1. The van der Waals surface area contributed by atoms with Crippen molar-refractivity contribution in [2.75, 3.05) is 0 Å². The predicted molar refractivity (Wildman–Crippen MR) is 132 cm³/mol. The fourth-order valence-corrected chi connectivity index (χ4v) is 3.28. The molecule has 0 atom stereocenters. The lowest BCUT2D eigenvalue weighted by atomic mass is 10.2. The van der Waals surface area contributed by atoms with Gasteiger partial charge in [-0.3, -0.25) is 28.9 Å². The zero-order valence-corrected chi connectivity index (χ0v) is 21.5. The van der Waals surface area contributed by atoms with Gasteiger partial charge in [0.15, 0.2) is 0 Å². The van der Waals surface area contributed by atoms with Gasteiger partial charge in [0.05, 0.1) is 0 Å². The van der Waals surface area contributed by atoms with Crippen LogP contribution < -0.4 is 0 Å². The maximum absolute atomic E-state index is 11.3. The highest BCUT2D eigenvalue weighted by atomic mass is 32.1. The van der Waals surface area contributed by atoms with E-state index in [9.17, 15) is 28.8 Å². The summed E-state index contributed by atoms with van der Waals surface area (Å²) in [6, 6.07) is 14.0. The lowest BCUT2D eigenvalue weighted by Gasteiger charge is -2.12. The molecule has 2 aliphatic heterocycles. The average Bonchev–Trinajstić information content (AvgIpc) is 3.38. The summed E-state index contributed by atoms with van der Waals surface area (Å²) in [5.41, 5.74) is 1.49. The molecule has 2 heterocycles. The highest BCUT2D eigenvalue weighted by molar-refractivity contribution is 7.80. The Hall–Kier alpha value is -4.04. The molecule has 2 aliphatic rings. The Morgan fingerprint density at radius 2 is 0.868 bits per heavy atom. The molecule has 4 amide bonds. The van der Waals surface area contributed by atoms with Gasteiger partial charge in [0.1, 0.15) is 13.2 Å². The topological polar surface area (TPSA) is 146 Å². The molecule has 38 heavy (non-hydrogen) atoms. The first kappa shape index (κ1) is 28.5. The van der Waals surface area contributed by atoms with E-state index in [0.717, 1.165) is 20.9 Å². The molecule has 2 fully saturated rings. The van der Waals surface area contributed by atoms with E-state index in [-0.39, 0.29) is 38.9 Å². The Morgan fingerprint density at radius 3 is 1.16 bits per heavy atom. The van der Waals surface area contributed by atoms with Crippen molar-refractivity contribution >= 4 is 61.2 Å². The number of carbonyl (C=O) groups excluding carboxylic acids is 6. The van der Waals surface area contributed by atoms with E-state index in [1.807, 2.05) is 0 Å². The minimum atomic E-state index is -1.08. The van der Waals surface area contributed by atoms with Crippen molar-refractivity contribution in [3.05, 3.63) is 59.7 Å². The first-order valence-corrected chi connectivity index (χ1v) is 12.0. The smallest absolute Gasteiger partial charge is 0.428 e. The molecular formula is C24H22N2O10S2. The number of benzene rings is 2. The van der Waals surface area contributed by atoms with Gasteiger partial charge in [-0.2, -0.15) is 0 Å². The minimum absolute atomic E-state index is 0.0108. The molecule has 0 N–H and O–H groups in total. The molecule has 0 saturated carbocycles. The lowest BCUT2D eigenvalue weighted by molar-refractivity contribution is -0.178. The van der Waals surface area contributed by atoms with Gasteiger partial charge in [-0.25, -0.2) is 9.59 Å². The summed E-state index contributed by atoms with van der Waals surface area (Å²) < 4.78 is 9.59. The van der Waals surface area contributed by atoms with Crippen molar-refractivity contribution in [1.29, 1.82) is 0 Å². The Kier molecular flexibility index (Phi) is 10.1. The highest BCUT2D eigenvalue weighted by Gasteiger charge is 2.34. The third-order valence-corrected chi connectivity index (χ3v) is 5.53. The number of ether oxygens (including phenoxy) is 2. The number of hydrogen-bond donors (Lipinski definition) is 2. The van der Waals surface area contributed by atoms with E-state index < -0.39 is 35.9 Å². The molecule has 0 spiro atoms. The number of carbonyl (C=O) groups is 6. The number of hydroxylamine groups is 4. The Bertz CT molecular complexity index is 1090. The van der Waals surface area contributed by atoms with Crippen molar-refractivity contribution < 1.29 is 47.9 Å². The monoisotopic (exact) mass is 562 g/mol. The molecule has 0 unspecified atom stereocenters. The maximum Gasteiger partial charge on any atom is 0.534 e. The molecule has 14 heteroatoms. The van der Waals surface area contributed by atoms with Crippen molar-refractivity contribution in [3.63, 3.8) is 0 Å². The third kappa shape index (κ3) is 8.52. The number of rotatable bonds is 6. The van der Waals surface area contributed by atoms with Crippen molar-refractivity contribution in [2.24, 2.45) is 0 Å². The predicted octanol–water partition coefficient (Wildman–Crippen LogP) is 3.39. The van der Waals surface area contributed by atoms with Gasteiger partial charge in [0.2, 0.25) is 0 Å². The fraction of sp³-hybridized carbons (Fsp3) is 0.250. The van der Waals surface area contributed by atoms with Crippen LogP contribution in [0.15, 0.2) is 58.3 Å². The first-order valence-electron chi connectivity index (χ1n) is 11.1. The van der Waals surface area contributed by atoms with Gasteiger partial charge in [0, 0.05) is 35.5 Å². The summed E-state index contributed by atoms with van der Waals surface area (Å²) in [6.45, 7) is -0.0216. The number of imide groups is 2. The summed E-state index contributed by atoms with van der Waals surface area (Å²) in [5.74, 6) is -2.16. The average molecular weight is 563 g/mol. The number of thiol groups is 2. The van der Waals surface area contributed by atoms with E-state index in [2.05, 4.69) is 34.9 Å². The molecular weight excluding hydrogens is 540 g/mol. The number of amides is 4. The third-order valence-electron chi connectivity index (χ3n) is 4.93. The molecule has 0 aromatic heterocycles. The second kappa shape index (κ2) is 13.5. The molecule has 4 rings (SSSR count). The van der Waals surface area contributed by atoms with Crippen molar-refractivity contribution in [2.45, 2.75) is 48.7 Å². The van der Waals surface area contributed by atoms with Gasteiger partial charge in [-0.05, 0) is 35.4 Å². The fourth-order valence-electron chi connectivity index (χ4n) is 2.99. The maximum atomic E-state index is 11.3. The quantitative estimate of drug-likeness (QED) is 0.305. The van der Waals surface area contributed by atoms with Crippen molar-refractivity contribution in [1.82, 2.24) is 10.1 Å². The summed E-state index contributed by atoms with van der Waals surface area (Å²) in [6.07, 6.45) is -1.96. The second-order valence-electron chi connectivity index (χ2n) is 7.76. The van der Waals surface area contributed by atoms with Crippen LogP contribution in [0.25, 0.3) is 0 Å². The number of hydrogen-bond acceptors (Lipinski definition) is 12. The highest BCUT2D eigenvalue weighted by Crippen LogP contribution is 2.15. The molecule has 2 aromatic rings. The van der Waals surface area contributed by atoms with Crippen LogP contribution in [0.2, 0.25) is 0 Å². The summed E-state index contributed by atoms with van der Waals surface area (Å²) in [5, 5.41) is 0.887. The minimum Gasteiger partial charge on any atom is -0.428 e. The molecule has 0 radical (unpaired) electrons. The lowest BCUT2D eigenvalue weighted by Crippen LogP contribution is -2.32. The van der Waals surface area contributed by atoms with E-state index in [4.69, 9.17) is 9.47 Å². The largest absolute Gasteiger partial charge is 0.534 e. The standard InChI is InChI=1S/2C12H11NO5S/c2*14-10-5-6-11(15)13(10)18-12(16)17-7-8-1-3-9(19)4-2-8/h2*1-4,19H,5-7H2. The van der Waals surface area contributed by atoms with E-state index in [1.54, 1.807) is 48.5 Å². The summed E-state index contributed by atoms with van der Waals surface area (Å²) in [7, 11) is 0. The van der Waals surface area contributed by atoms with Crippen LogP contribution in [0.3, 0.4) is 0 Å². The molecule has 200 valence electrons. The van der Waals surface area contributed by atoms with Crippen molar-refractivity contribution in [3.8, 4) is 0 Å². The van der Waals surface area contributed by atoms with Crippen LogP contribution in [0.4, 0.5) is 9.59 Å². The molecule has 0 bridgehead atoms. The van der Waals surface area contributed by atoms with Crippen LogP contribution in [-0.2, 0) is 51.5 Å². The van der Waals surface area contributed by atoms with Crippen LogP contribution in [0.5, 0.6) is 0 Å². The van der Waals surface area contributed by atoms with Crippen LogP contribution in [0.1, 0.15) is 36.8 Å². The van der Waals surface area contributed by atoms with Crippen LogP contribution in [-0.4, -0.2) is 46.1 Å². The van der Waals surface area contributed by atoms with E-state index in [0.29, 0.717) is 10.1 Å². The first-order chi connectivity index (χ1) is 18.1. The Balaban J connectivity index is 0.000000211. The zero-order chi connectivity index (χ0) is 27.7. The normalized spacial score (nSPS) is 14.7. The molecule has 0 aliphatic carbocycles. The SMILES string of the molecule is O=C(OCc1ccc(S)cc1)ON1C(=O)CCC1=O.O=C(OCc1ccc(S)cc1)ON1C(=O)CCC1=O. The number of nitrogens with zero attached hydrogens (tertiary/aromatic N) is 2. The summed E-state index contributed by atoms with van der Waals surface area (Å²) >= 11 is 8.25. The van der Waals surface area contributed by atoms with Gasteiger partial charge in [-0.15, -0.1) is 25.3 Å². The van der Waals surface area contributed by atoms with Gasteiger partial charge in [-0.1, -0.05) is 34.4 Å². The zero-order valence-electron chi connectivity index (χ0n) is 19.7. The Morgan fingerprint density at radius 1 is 0.579 bits per heavy atom. The van der Waals surface area contributed by atoms with E-state index in [1.165, 1.54) is 0 Å². The molecule has 2 saturated heterocycles. The second-order valence-corrected chi connectivity index (χ2v) is 8.79. The van der Waals surface area contributed by atoms with Gasteiger partial charge in [0.25, 0.3) is 23.6 Å². The molecule has 2 aromatic carbocycles. The van der Waals surface area contributed by atoms with E-state index >= 15 is 0 Å². The van der Waals surface area contributed by atoms with Crippen LogP contribution in [0, 0.1) is 0 Å². The van der Waals surface area contributed by atoms with Crippen LogP contribution >= 0.6 is 25.3 Å². The van der Waals surface area contributed by atoms with Gasteiger partial charge < -0.3 is 9.47 Å². The Labute approximate surface area is 227 Å².